The maximum Gasteiger partial charge on any atom is 0.267 e. The number of rotatable bonds is 8. The monoisotopic (exact) mass is 563 g/mol. The molecular formula is C31H38FN5O4. The van der Waals surface area contributed by atoms with Gasteiger partial charge in [-0.2, -0.15) is 5.10 Å². The van der Waals surface area contributed by atoms with Gasteiger partial charge in [0.05, 0.1) is 18.3 Å². The Hall–Kier alpha value is -4.08. The fraction of sp³-hybridized carbons (Fsp3) is 0.452. The van der Waals surface area contributed by atoms with Crippen LogP contribution in [-0.2, 0) is 16.0 Å². The lowest BCUT2D eigenvalue weighted by atomic mass is 9.75. The number of nitrogens with one attached hydrogen (secondary N) is 3. The van der Waals surface area contributed by atoms with Crippen molar-refractivity contribution in [2.24, 2.45) is 5.41 Å². The maximum atomic E-state index is 14.3. The Morgan fingerprint density at radius 1 is 1.20 bits per heavy atom. The van der Waals surface area contributed by atoms with Crippen LogP contribution in [0.15, 0.2) is 53.1 Å². The lowest BCUT2D eigenvalue weighted by molar-refractivity contribution is -0.136. The fourth-order valence-electron chi connectivity index (χ4n) is 6.11. The Labute approximate surface area is 239 Å². The number of likely N-dealkylation sites (tertiary alicyclic amines) is 1. The van der Waals surface area contributed by atoms with Crippen molar-refractivity contribution in [3.05, 3.63) is 86.6 Å². The van der Waals surface area contributed by atoms with Gasteiger partial charge < -0.3 is 15.5 Å². The van der Waals surface area contributed by atoms with Crippen molar-refractivity contribution < 1.29 is 18.8 Å². The first kappa shape index (κ1) is 29.9. The highest BCUT2D eigenvalue weighted by atomic mass is 19.1. The van der Waals surface area contributed by atoms with E-state index < -0.39 is 11.3 Å². The Morgan fingerprint density at radius 3 is 2.63 bits per heavy atom. The smallest absolute Gasteiger partial charge is 0.267 e. The minimum Gasteiger partial charge on any atom is -0.352 e. The van der Waals surface area contributed by atoms with Crippen molar-refractivity contribution in [2.45, 2.75) is 78.4 Å². The third kappa shape index (κ3) is 6.81. The second-order valence-electron chi connectivity index (χ2n) is 11.5. The van der Waals surface area contributed by atoms with E-state index in [4.69, 9.17) is 0 Å². The van der Waals surface area contributed by atoms with Gasteiger partial charge in [-0.05, 0) is 81.5 Å². The standard InChI is InChI=1S/C31H38FN5O4/c1-18-13-23(9-8-22(18)15-24-14-19(2)35-36-30(24)41)29(40)33-17-28(39)37-26(20(3)34-21(4)38)10-11-27(37)31(5)12-6-7-25(32)16-31/h6-9,13-14,16,20,26-27H,10-12,15,17H2,1-5H3,(H,33,40)(H,34,38)(H,36,41)/t20-,26+,27-,31?/m0/s1. The molecule has 218 valence electrons. The number of nitrogens with zero attached hydrogens (tertiary/aromatic N) is 2. The summed E-state index contributed by atoms with van der Waals surface area (Å²) in [7, 11) is 0. The quantitative estimate of drug-likeness (QED) is 0.454. The normalized spacial score (nSPS) is 22.7. The predicted octanol–water partition coefficient (Wildman–Crippen LogP) is 3.41. The number of carbonyl (C=O) groups is 3. The van der Waals surface area contributed by atoms with Crippen molar-refractivity contribution in [3.63, 3.8) is 0 Å². The molecule has 2 aliphatic rings. The van der Waals surface area contributed by atoms with Crippen molar-refractivity contribution in [2.75, 3.05) is 6.54 Å². The fourth-order valence-corrected chi connectivity index (χ4v) is 6.11. The van der Waals surface area contributed by atoms with Crippen LogP contribution < -0.4 is 16.2 Å². The van der Waals surface area contributed by atoms with E-state index in [-0.39, 0.29) is 47.9 Å². The van der Waals surface area contributed by atoms with Crippen LogP contribution >= 0.6 is 0 Å². The summed E-state index contributed by atoms with van der Waals surface area (Å²) in [6.45, 7) is 8.67. The highest BCUT2D eigenvalue weighted by molar-refractivity contribution is 5.96. The topological polar surface area (TPSA) is 124 Å². The number of amides is 3. The number of aromatic amines is 1. The molecule has 1 aromatic carbocycles. The van der Waals surface area contributed by atoms with E-state index in [0.717, 1.165) is 11.1 Å². The van der Waals surface area contributed by atoms with Crippen molar-refractivity contribution in [3.8, 4) is 0 Å². The molecule has 1 aromatic heterocycles. The number of halogens is 1. The summed E-state index contributed by atoms with van der Waals surface area (Å²) in [6, 6.07) is 6.08. The number of allylic oxidation sites excluding steroid dienone is 3. The van der Waals surface area contributed by atoms with Gasteiger partial charge in [0.2, 0.25) is 11.8 Å². The molecule has 1 saturated heterocycles. The van der Waals surface area contributed by atoms with Gasteiger partial charge in [-0.1, -0.05) is 19.1 Å². The van der Waals surface area contributed by atoms with Crippen LogP contribution in [0.25, 0.3) is 0 Å². The zero-order valence-corrected chi connectivity index (χ0v) is 24.2. The molecule has 1 fully saturated rings. The average molecular weight is 564 g/mol. The molecule has 0 saturated carbocycles. The molecule has 1 unspecified atom stereocenters. The van der Waals surface area contributed by atoms with E-state index in [1.165, 1.54) is 13.0 Å². The second-order valence-corrected chi connectivity index (χ2v) is 11.5. The third-order valence-electron chi connectivity index (χ3n) is 8.18. The van der Waals surface area contributed by atoms with Gasteiger partial charge in [0.25, 0.3) is 11.5 Å². The second kappa shape index (κ2) is 12.2. The number of carbonyl (C=O) groups excluding carboxylic acids is 3. The summed E-state index contributed by atoms with van der Waals surface area (Å²) in [5, 5.41) is 12.0. The lowest BCUT2D eigenvalue weighted by Crippen LogP contribution is -2.56. The third-order valence-corrected chi connectivity index (χ3v) is 8.18. The molecule has 41 heavy (non-hydrogen) atoms. The zero-order valence-electron chi connectivity index (χ0n) is 24.2. The van der Waals surface area contributed by atoms with E-state index >= 15 is 0 Å². The van der Waals surface area contributed by atoms with E-state index in [1.807, 2.05) is 20.8 Å². The molecule has 1 aliphatic carbocycles. The molecule has 4 rings (SSSR count). The molecule has 3 N–H and O–H groups in total. The van der Waals surface area contributed by atoms with Gasteiger partial charge in [0.15, 0.2) is 0 Å². The largest absolute Gasteiger partial charge is 0.352 e. The summed E-state index contributed by atoms with van der Waals surface area (Å²) in [4.78, 5) is 52.4. The van der Waals surface area contributed by atoms with Crippen LogP contribution in [0.5, 0.6) is 0 Å². The Bertz CT molecular complexity index is 1460. The first-order chi connectivity index (χ1) is 19.4. The van der Waals surface area contributed by atoms with Crippen LogP contribution in [0.4, 0.5) is 4.39 Å². The van der Waals surface area contributed by atoms with Gasteiger partial charge in [-0.15, -0.1) is 0 Å². The zero-order chi connectivity index (χ0) is 29.9. The minimum absolute atomic E-state index is 0.193. The van der Waals surface area contributed by atoms with Crippen LogP contribution in [-0.4, -0.2) is 57.5 Å². The molecule has 10 heteroatoms. The molecule has 2 heterocycles. The number of H-pyrrole nitrogens is 1. The summed E-state index contributed by atoms with van der Waals surface area (Å²) in [6.07, 6.45) is 7.08. The molecule has 2 aromatic rings. The van der Waals surface area contributed by atoms with E-state index in [9.17, 15) is 23.6 Å². The van der Waals surface area contributed by atoms with Crippen molar-refractivity contribution in [1.29, 1.82) is 0 Å². The molecule has 9 nitrogen and oxygen atoms in total. The van der Waals surface area contributed by atoms with Gasteiger partial charge in [-0.3, -0.25) is 19.2 Å². The molecule has 0 spiro atoms. The average Bonchev–Trinajstić information content (AvgIpc) is 3.36. The summed E-state index contributed by atoms with van der Waals surface area (Å²) < 4.78 is 14.3. The Balaban J connectivity index is 1.48. The SMILES string of the molecule is CC(=O)N[C@@H](C)[C@H]1CC[C@@H](C2(C)C=C(F)C=CC2)N1C(=O)CNC(=O)c1ccc(Cc2cc(C)n[nH]c2=O)c(C)c1. The molecule has 3 amide bonds. The van der Waals surface area contributed by atoms with Crippen molar-refractivity contribution in [1.82, 2.24) is 25.7 Å². The first-order valence-corrected chi connectivity index (χ1v) is 13.9. The van der Waals surface area contributed by atoms with Gasteiger partial charge in [-0.25, -0.2) is 9.49 Å². The molecule has 1 aliphatic heterocycles. The molecule has 0 bridgehead atoms. The first-order valence-electron chi connectivity index (χ1n) is 13.9. The summed E-state index contributed by atoms with van der Waals surface area (Å²) in [5.74, 6) is -1.21. The van der Waals surface area contributed by atoms with Gasteiger partial charge >= 0.3 is 0 Å². The number of aryl methyl sites for hydroxylation is 2. The maximum absolute atomic E-state index is 14.3. The van der Waals surface area contributed by atoms with Gasteiger partial charge in [0.1, 0.15) is 5.83 Å². The van der Waals surface area contributed by atoms with Crippen molar-refractivity contribution >= 4 is 17.7 Å². The lowest BCUT2D eigenvalue weighted by Gasteiger charge is -2.42. The van der Waals surface area contributed by atoms with Crippen LogP contribution in [0.1, 0.15) is 72.8 Å². The predicted molar refractivity (Wildman–Crippen MR) is 154 cm³/mol. The number of aromatic nitrogens is 2. The minimum atomic E-state index is -0.606. The van der Waals surface area contributed by atoms with E-state index in [2.05, 4.69) is 20.8 Å². The van der Waals surface area contributed by atoms with Crippen LogP contribution in [0, 0.1) is 19.3 Å². The molecule has 0 radical (unpaired) electrons. The van der Waals surface area contributed by atoms with Crippen LogP contribution in [0.2, 0.25) is 0 Å². The van der Waals surface area contributed by atoms with Crippen LogP contribution in [0.3, 0.4) is 0 Å². The van der Waals surface area contributed by atoms with E-state index in [0.29, 0.717) is 42.5 Å². The highest BCUT2D eigenvalue weighted by Gasteiger charge is 2.47. The number of hydrogen-bond donors (Lipinski definition) is 3. The van der Waals surface area contributed by atoms with E-state index in [1.54, 1.807) is 48.2 Å². The molecular weight excluding hydrogens is 525 g/mol. The summed E-state index contributed by atoms with van der Waals surface area (Å²) >= 11 is 0. The van der Waals surface area contributed by atoms with Gasteiger partial charge in [0, 0.05) is 42.0 Å². The number of hydrogen-bond acceptors (Lipinski definition) is 5. The summed E-state index contributed by atoms with van der Waals surface area (Å²) in [5.41, 5.74) is 2.58. The number of benzene rings is 1. The molecule has 4 atom stereocenters. The highest BCUT2D eigenvalue weighted by Crippen LogP contribution is 2.43. The Morgan fingerprint density at radius 2 is 1.95 bits per heavy atom. The Kier molecular flexibility index (Phi) is 8.89.